The van der Waals surface area contributed by atoms with Crippen molar-refractivity contribution in [1.82, 2.24) is 0 Å². The molecule has 0 heterocycles. The van der Waals surface area contributed by atoms with Crippen LogP contribution in [-0.2, 0) is 6.18 Å². The highest BCUT2D eigenvalue weighted by molar-refractivity contribution is 5.43. The summed E-state index contributed by atoms with van der Waals surface area (Å²) in [4.78, 5) is 0. The van der Waals surface area contributed by atoms with Gasteiger partial charge in [0.15, 0.2) is 0 Å². The van der Waals surface area contributed by atoms with Gasteiger partial charge in [0.1, 0.15) is 11.9 Å². The summed E-state index contributed by atoms with van der Waals surface area (Å²) in [5.74, 6) is 0.490. The van der Waals surface area contributed by atoms with E-state index < -0.39 is 17.8 Å². The van der Waals surface area contributed by atoms with E-state index in [2.05, 4.69) is 0 Å². The Hall–Kier alpha value is -2.01. The Kier molecular flexibility index (Phi) is 4.23. The first-order valence-electron chi connectivity index (χ1n) is 6.33. The molecule has 2 aromatic rings. The molecular formula is C16H15F3O2. The topological polar surface area (TPSA) is 29.5 Å². The summed E-state index contributed by atoms with van der Waals surface area (Å²) >= 11 is 0. The van der Waals surface area contributed by atoms with Gasteiger partial charge in [-0.2, -0.15) is 13.2 Å². The number of aryl methyl sites for hydroxylation is 1. The van der Waals surface area contributed by atoms with Gasteiger partial charge in [-0.05, 0) is 36.2 Å². The van der Waals surface area contributed by atoms with Crippen molar-refractivity contribution in [3.8, 4) is 5.75 Å². The van der Waals surface area contributed by atoms with E-state index in [9.17, 15) is 18.3 Å². The van der Waals surface area contributed by atoms with Gasteiger partial charge in [0.25, 0.3) is 0 Å². The zero-order chi connectivity index (χ0) is 15.6. The number of rotatable bonds is 3. The third-order valence-electron chi connectivity index (χ3n) is 3.33. The van der Waals surface area contributed by atoms with Gasteiger partial charge in [0.05, 0.1) is 12.7 Å². The zero-order valence-electron chi connectivity index (χ0n) is 11.6. The summed E-state index contributed by atoms with van der Waals surface area (Å²) in [6, 6.07) is 10.2. The van der Waals surface area contributed by atoms with E-state index in [1.165, 1.54) is 13.2 Å². The third-order valence-corrected chi connectivity index (χ3v) is 3.33. The second-order valence-corrected chi connectivity index (χ2v) is 4.71. The number of hydrogen-bond acceptors (Lipinski definition) is 2. The van der Waals surface area contributed by atoms with E-state index in [0.717, 1.165) is 12.1 Å². The summed E-state index contributed by atoms with van der Waals surface area (Å²) in [6.07, 6.45) is -5.43. The molecule has 0 fully saturated rings. The van der Waals surface area contributed by atoms with Gasteiger partial charge in [0, 0.05) is 5.56 Å². The van der Waals surface area contributed by atoms with Crippen LogP contribution in [-0.4, -0.2) is 12.2 Å². The summed E-state index contributed by atoms with van der Waals surface area (Å²) in [5, 5.41) is 10.4. The minimum Gasteiger partial charge on any atom is -0.496 e. The standard InChI is InChI=1S/C16H15F3O2/c1-10-9-11(16(17,18)19)7-8-12(10)15(20)13-5-3-4-6-14(13)21-2/h3-9,15,20H,1-2H3. The fraction of sp³-hybridized carbons (Fsp3) is 0.250. The van der Waals surface area contributed by atoms with Crippen molar-refractivity contribution in [3.63, 3.8) is 0 Å². The SMILES string of the molecule is COc1ccccc1C(O)c1ccc(C(F)(F)F)cc1C. The number of methoxy groups -OCH3 is 1. The van der Waals surface area contributed by atoms with Crippen LogP contribution in [0.5, 0.6) is 5.75 Å². The molecule has 1 atom stereocenters. The molecular weight excluding hydrogens is 281 g/mol. The van der Waals surface area contributed by atoms with E-state index in [0.29, 0.717) is 22.4 Å². The molecule has 1 unspecified atom stereocenters. The molecule has 2 aromatic carbocycles. The van der Waals surface area contributed by atoms with E-state index in [1.807, 2.05) is 0 Å². The molecule has 2 rings (SSSR count). The molecule has 112 valence electrons. The van der Waals surface area contributed by atoms with E-state index in [-0.39, 0.29) is 0 Å². The summed E-state index contributed by atoms with van der Waals surface area (Å²) < 4.78 is 43.1. The van der Waals surface area contributed by atoms with E-state index in [1.54, 1.807) is 31.2 Å². The lowest BCUT2D eigenvalue weighted by Gasteiger charge is -2.18. The Morgan fingerprint density at radius 2 is 1.71 bits per heavy atom. The molecule has 0 aliphatic heterocycles. The van der Waals surface area contributed by atoms with Crippen molar-refractivity contribution >= 4 is 0 Å². The van der Waals surface area contributed by atoms with Gasteiger partial charge >= 0.3 is 6.18 Å². The number of hydrogen-bond donors (Lipinski definition) is 1. The number of ether oxygens (including phenoxy) is 1. The summed E-state index contributed by atoms with van der Waals surface area (Å²) in [5.41, 5.74) is 0.592. The fourth-order valence-corrected chi connectivity index (χ4v) is 2.22. The third kappa shape index (κ3) is 3.19. The van der Waals surface area contributed by atoms with Crippen LogP contribution in [0.1, 0.15) is 28.4 Å². The highest BCUT2D eigenvalue weighted by atomic mass is 19.4. The number of halogens is 3. The van der Waals surface area contributed by atoms with Gasteiger partial charge in [-0.1, -0.05) is 24.3 Å². The van der Waals surface area contributed by atoms with Crippen LogP contribution < -0.4 is 4.74 Å². The number of alkyl halides is 3. The number of aliphatic hydroxyl groups excluding tert-OH is 1. The Morgan fingerprint density at radius 3 is 2.29 bits per heavy atom. The van der Waals surface area contributed by atoms with Crippen molar-refractivity contribution < 1.29 is 23.0 Å². The molecule has 0 aromatic heterocycles. The van der Waals surface area contributed by atoms with Crippen molar-refractivity contribution in [1.29, 1.82) is 0 Å². The van der Waals surface area contributed by atoms with Crippen molar-refractivity contribution in [3.05, 3.63) is 64.7 Å². The average Bonchev–Trinajstić information content (AvgIpc) is 2.45. The molecule has 0 aliphatic carbocycles. The molecule has 0 saturated carbocycles. The van der Waals surface area contributed by atoms with Crippen LogP contribution >= 0.6 is 0 Å². The number of aliphatic hydroxyl groups is 1. The predicted octanol–water partition coefficient (Wildman–Crippen LogP) is 4.10. The lowest BCUT2D eigenvalue weighted by Crippen LogP contribution is -2.08. The smallest absolute Gasteiger partial charge is 0.416 e. The predicted molar refractivity (Wildman–Crippen MR) is 73.2 cm³/mol. The number of para-hydroxylation sites is 1. The Morgan fingerprint density at radius 1 is 1.05 bits per heavy atom. The highest BCUT2D eigenvalue weighted by Crippen LogP contribution is 2.35. The first-order valence-corrected chi connectivity index (χ1v) is 6.33. The van der Waals surface area contributed by atoms with Gasteiger partial charge in [-0.3, -0.25) is 0 Å². The van der Waals surface area contributed by atoms with Gasteiger partial charge < -0.3 is 9.84 Å². The molecule has 0 saturated heterocycles. The van der Waals surface area contributed by atoms with Crippen LogP contribution in [0.15, 0.2) is 42.5 Å². The van der Waals surface area contributed by atoms with Gasteiger partial charge in [-0.15, -0.1) is 0 Å². The van der Waals surface area contributed by atoms with Crippen molar-refractivity contribution in [2.45, 2.75) is 19.2 Å². The first-order chi connectivity index (χ1) is 9.84. The maximum Gasteiger partial charge on any atom is 0.416 e. The molecule has 21 heavy (non-hydrogen) atoms. The number of benzene rings is 2. The van der Waals surface area contributed by atoms with Crippen LogP contribution in [0.4, 0.5) is 13.2 Å². The lowest BCUT2D eigenvalue weighted by molar-refractivity contribution is -0.137. The normalized spacial score (nSPS) is 13.0. The van der Waals surface area contributed by atoms with Crippen molar-refractivity contribution in [2.24, 2.45) is 0 Å². The maximum atomic E-state index is 12.7. The first kappa shape index (κ1) is 15.4. The van der Waals surface area contributed by atoms with E-state index >= 15 is 0 Å². The van der Waals surface area contributed by atoms with Crippen LogP contribution in [0.2, 0.25) is 0 Å². The van der Waals surface area contributed by atoms with Crippen LogP contribution in [0.3, 0.4) is 0 Å². The second kappa shape index (κ2) is 5.77. The molecule has 1 N–H and O–H groups in total. The average molecular weight is 296 g/mol. The molecule has 5 heteroatoms. The molecule has 0 aliphatic rings. The van der Waals surface area contributed by atoms with Gasteiger partial charge in [0.2, 0.25) is 0 Å². The molecule has 0 amide bonds. The van der Waals surface area contributed by atoms with Crippen molar-refractivity contribution in [2.75, 3.05) is 7.11 Å². The summed E-state index contributed by atoms with van der Waals surface area (Å²) in [6.45, 7) is 1.54. The second-order valence-electron chi connectivity index (χ2n) is 4.71. The van der Waals surface area contributed by atoms with Gasteiger partial charge in [-0.25, -0.2) is 0 Å². The Labute approximate surface area is 120 Å². The molecule has 0 bridgehead atoms. The largest absolute Gasteiger partial charge is 0.496 e. The van der Waals surface area contributed by atoms with E-state index in [4.69, 9.17) is 4.74 Å². The zero-order valence-corrected chi connectivity index (χ0v) is 11.6. The Balaban J connectivity index is 2.42. The minimum atomic E-state index is -4.39. The minimum absolute atomic E-state index is 0.378. The summed E-state index contributed by atoms with van der Waals surface area (Å²) in [7, 11) is 1.48. The highest BCUT2D eigenvalue weighted by Gasteiger charge is 2.31. The lowest BCUT2D eigenvalue weighted by atomic mass is 9.95. The molecule has 0 spiro atoms. The quantitative estimate of drug-likeness (QED) is 0.924. The molecule has 2 nitrogen and oxygen atoms in total. The monoisotopic (exact) mass is 296 g/mol. The Bertz CT molecular complexity index is 636. The van der Waals surface area contributed by atoms with Crippen LogP contribution in [0, 0.1) is 6.92 Å². The van der Waals surface area contributed by atoms with Crippen LogP contribution in [0.25, 0.3) is 0 Å². The fourth-order valence-electron chi connectivity index (χ4n) is 2.22. The maximum absolute atomic E-state index is 12.7. The molecule has 0 radical (unpaired) electrons.